The first kappa shape index (κ1) is 20.4. The summed E-state index contributed by atoms with van der Waals surface area (Å²) in [6, 6.07) is 12.2. The number of methoxy groups -OCH3 is 1. The average molecular weight is 447 g/mol. The zero-order chi connectivity index (χ0) is 19.9. The van der Waals surface area contributed by atoms with Gasteiger partial charge in [-0.3, -0.25) is 9.59 Å². The van der Waals surface area contributed by atoms with Gasteiger partial charge in [0.1, 0.15) is 12.4 Å². The fourth-order valence-electron chi connectivity index (χ4n) is 3.04. The van der Waals surface area contributed by atoms with Gasteiger partial charge in [-0.25, -0.2) is 0 Å². The molecule has 1 aliphatic heterocycles. The van der Waals surface area contributed by atoms with Crippen LogP contribution in [0.5, 0.6) is 5.75 Å². The quantitative estimate of drug-likeness (QED) is 0.653. The summed E-state index contributed by atoms with van der Waals surface area (Å²) in [7, 11) is 1.59. The van der Waals surface area contributed by atoms with Crippen LogP contribution >= 0.6 is 15.9 Å². The molecule has 2 aromatic carbocycles. The van der Waals surface area contributed by atoms with Gasteiger partial charge in [0, 0.05) is 35.9 Å². The number of amides is 2. The minimum atomic E-state index is -0.285. The third-order valence-corrected chi connectivity index (χ3v) is 5.01. The van der Waals surface area contributed by atoms with Crippen molar-refractivity contribution in [1.82, 2.24) is 4.90 Å². The lowest BCUT2D eigenvalue weighted by Gasteiger charge is -2.15. The van der Waals surface area contributed by atoms with E-state index in [2.05, 4.69) is 21.2 Å². The van der Waals surface area contributed by atoms with Crippen molar-refractivity contribution in [2.75, 3.05) is 38.7 Å². The Labute approximate surface area is 172 Å². The molecule has 0 spiro atoms. The van der Waals surface area contributed by atoms with Crippen LogP contribution in [0.4, 0.5) is 5.69 Å². The van der Waals surface area contributed by atoms with E-state index in [9.17, 15) is 9.59 Å². The largest absolute Gasteiger partial charge is 0.490 e. The molecule has 2 aromatic rings. The van der Waals surface area contributed by atoms with E-state index in [4.69, 9.17) is 9.47 Å². The van der Waals surface area contributed by atoms with Crippen molar-refractivity contribution in [3.8, 4) is 5.75 Å². The van der Waals surface area contributed by atoms with Crippen molar-refractivity contribution in [1.29, 1.82) is 0 Å². The van der Waals surface area contributed by atoms with Crippen molar-refractivity contribution >= 4 is 33.4 Å². The normalized spacial score (nSPS) is 13.4. The first-order valence-electron chi connectivity index (χ1n) is 9.20. The molecule has 6 nitrogen and oxygen atoms in total. The van der Waals surface area contributed by atoms with Crippen molar-refractivity contribution in [2.24, 2.45) is 0 Å². The maximum atomic E-state index is 12.7. The Bertz CT molecular complexity index is 833. The lowest BCUT2D eigenvalue weighted by Crippen LogP contribution is -2.27. The predicted molar refractivity (Wildman–Crippen MR) is 111 cm³/mol. The second-order valence-corrected chi connectivity index (χ2v) is 7.43. The van der Waals surface area contributed by atoms with Gasteiger partial charge in [0.25, 0.3) is 11.8 Å². The highest BCUT2D eigenvalue weighted by molar-refractivity contribution is 9.10. The summed E-state index contributed by atoms with van der Waals surface area (Å²) >= 11 is 3.39. The van der Waals surface area contributed by atoms with Gasteiger partial charge in [-0.2, -0.15) is 0 Å². The van der Waals surface area contributed by atoms with Crippen LogP contribution in [0.3, 0.4) is 0 Å². The van der Waals surface area contributed by atoms with E-state index in [0.29, 0.717) is 35.8 Å². The number of carbonyl (C=O) groups excluding carboxylic acids is 2. The molecule has 1 fully saturated rings. The molecule has 3 rings (SSSR count). The lowest BCUT2D eigenvalue weighted by atomic mass is 10.1. The monoisotopic (exact) mass is 446 g/mol. The second kappa shape index (κ2) is 9.71. The molecule has 28 heavy (non-hydrogen) atoms. The molecule has 1 N–H and O–H groups in total. The van der Waals surface area contributed by atoms with Crippen LogP contribution in [-0.4, -0.2) is 50.1 Å². The van der Waals surface area contributed by atoms with Gasteiger partial charge in [0.2, 0.25) is 0 Å². The Balaban J connectivity index is 1.69. The predicted octanol–water partition coefficient (Wildman–Crippen LogP) is 3.96. The van der Waals surface area contributed by atoms with Gasteiger partial charge < -0.3 is 19.7 Å². The van der Waals surface area contributed by atoms with Crippen LogP contribution < -0.4 is 10.1 Å². The van der Waals surface area contributed by atoms with Crippen molar-refractivity contribution in [3.63, 3.8) is 0 Å². The maximum absolute atomic E-state index is 12.7. The minimum absolute atomic E-state index is 0.0381. The van der Waals surface area contributed by atoms with Crippen molar-refractivity contribution in [3.05, 3.63) is 58.1 Å². The highest BCUT2D eigenvalue weighted by atomic mass is 79.9. The van der Waals surface area contributed by atoms with Gasteiger partial charge in [-0.05, 0) is 55.3 Å². The van der Waals surface area contributed by atoms with Crippen LogP contribution in [-0.2, 0) is 4.74 Å². The van der Waals surface area contributed by atoms with Crippen molar-refractivity contribution < 1.29 is 19.1 Å². The molecule has 148 valence electrons. The van der Waals surface area contributed by atoms with E-state index in [0.717, 1.165) is 30.4 Å². The average Bonchev–Trinajstić information content (AvgIpc) is 3.24. The summed E-state index contributed by atoms with van der Waals surface area (Å²) in [5.41, 5.74) is 1.67. The molecule has 2 amide bonds. The third-order valence-electron chi connectivity index (χ3n) is 4.51. The van der Waals surface area contributed by atoms with Gasteiger partial charge in [0.15, 0.2) is 0 Å². The number of anilines is 1. The summed E-state index contributed by atoms with van der Waals surface area (Å²) in [4.78, 5) is 27.0. The Hall–Kier alpha value is -2.38. The lowest BCUT2D eigenvalue weighted by molar-refractivity contribution is 0.0792. The van der Waals surface area contributed by atoms with E-state index in [1.165, 1.54) is 0 Å². The first-order chi connectivity index (χ1) is 13.6. The minimum Gasteiger partial charge on any atom is -0.490 e. The van der Waals surface area contributed by atoms with E-state index in [1.807, 2.05) is 11.0 Å². The topological polar surface area (TPSA) is 67.9 Å². The summed E-state index contributed by atoms with van der Waals surface area (Å²) in [5.74, 6) is 0.238. The maximum Gasteiger partial charge on any atom is 0.259 e. The molecule has 0 radical (unpaired) electrons. The van der Waals surface area contributed by atoms with E-state index in [-0.39, 0.29) is 11.8 Å². The number of carbonyl (C=O) groups is 2. The number of nitrogens with one attached hydrogen (secondary N) is 1. The molecule has 1 saturated heterocycles. The number of hydrogen-bond donors (Lipinski definition) is 1. The Morgan fingerprint density at radius 2 is 1.79 bits per heavy atom. The molecule has 0 aromatic heterocycles. The van der Waals surface area contributed by atoms with Crippen LogP contribution in [0, 0.1) is 0 Å². The molecule has 0 aliphatic carbocycles. The zero-order valence-corrected chi connectivity index (χ0v) is 17.3. The molecule has 0 bridgehead atoms. The highest BCUT2D eigenvalue weighted by Gasteiger charge is 2.19. The summed E-state index contributed by atoms with van der Waals surface area (Å²) in [6.07, 6.45) is 2.11. The van der Waals surface area contributed by atoms with Gasteiger partial charge >= 0.3 is 0 Å². The number of rotatable bonds is 7. The molecule has 0 saturated carbocycles. The van der Waals surface area contributed by atoms with Gasteiger partial charge in [-0.1, -0.05) is 15.9 Å². The first-order valence-corrected chi connectivity index (χ1v) is 10.00. The Morgan fingerprint density at radius 1 is 1.07 bits per heavy atom. The zero-order valence-electron chi connectivity index (χ0n) is 15.7. The number of halogens is 1. The number of ether oxygens (including phenoxy) is 2. The molecule has 0 unspecified atom stereocenters. The SMILES string of the molecule is COCCOc1ccc(Br)cc1C(=O)Nc1ccc(C(=O)N2CCCC2)cc1. The fraction of sp³-hybridized carbons (Fsp3) is 0.333. The standard InChI is InChI=1S/C21H23BrN2O4/c1-27-12-13-28-19-9-6-16(22)14-18(19)20(25)23-17-7-4-15(5-8-17)21(26)24-10-2-3-11-24/h4-9,14H,2-3,10-13H2,1H3,(H,23,25). The molecular weight excluding hydrogens is 424 g/mol. The number of benzene rings is 2. The van der Waals surface area contributed by atoms with Crippen LogP contribution in [0.1, 0.15) is 33.6 Å². The van der Waals surface area contributed by atoms with Crippen LogP contribution in [0.25, 0.3) is 0 Å². The molecule has 1 aliphatic rings. The van der Waals surface area contributed by atoms with E-state index < -0.39 is 0 Å². The number of likely N-dealkylation sites (tertiary alicyclic amines) is 1. The fourth-order valence-corrected chi connectivity index (χ4v) is 3.40. The third kappa shape index (κ3) is 5.11. The van der Waals surface area contributed by atoms with E-state index in [1.54, 1.807) is 43.5 Å². The number of nitrogens with zero attached hydrogens (tertiary/aromatic N) is 1. The molecule has 1 heterocycles. The number of hydrogen-bond acceptors (Lipinski definition) is 4. The van der Waals surface area contributed by atoms with Gasteiger partial charge in [0.05, 0.1) is 12.2 Å². The molecule has 0 atom stereocenters. The smallest absolute Gasteiger partial charge is 0.259 e. The van der Waals surface area contributed by atoms with Crippen LogP contribution in [0.2, 0.25) is 0 Å². The highest BCUT2D eigenvalue weighted by Crippen LogP contribution is 2.25. The van der Waals surface area contributed by atoms with Gasteiger partial charge in [-0.15, -0.1) is 0 Å². The van der Waals surface area contributed by atoms with E-state index >= 15 is 0 Å². The van der Waals surface area contributed by atoms with Crippen LogP contribution in [0.15, 0.2) is 46.9 Å². The summed E-state index contributed by atoms with van der Waals surface area (Å²) in [5, 5.41) is 2.86. The van der Waals surface area contributed by atoms with Crippen molar-refractivity contribution in [2.45, 2.75) is 12.8 Å². The summed E-state index contributed by atoms with van der Waals surface area (Å²) < 4.78 is 11.4. The second-order valence-electron chi connectivity index (χ2n) is 6.51. The molecular formula is C21H23BrN2O4. The Kier molecular flexibility index (Phi) is 7.06. The Morgan fingerprint density at radius 3 is 2.46 bits per heavy atom. The molecule has 7 heteroatoms. The summed E-state index contributed by atoms with van der Waals surface area (Å²) in [6.45, 7) is 2.41.